The zero-order valence-electron chi connectivity index (χ0n) is 10.7. The van der Waals surface area contributed by atoms with E-state index in [1.807, 2.05) is 0 Å². The summed E-state index contributed by atoms with van der Waals surface area (Å²) in [6.07, 6.45) is 1.82. The molecule has 1 aromatic rings. The topological polar surface area (TPSA) is 87.6 Å². The Bertz CT molecular complexity index is 432. The van der Waals surface area contributed by atoms with Gasteiger partial charge in [0.25, 0.3) is 0 Å². The van der Waals surface area contributed by atoms with Crippen molar-refractivity contribution >= 4 is 5.69 Å². The van der Waals surface area contributed by atoms with Gasteiger partial charge in [-0.3, -0.25) is 10.1 Å². The summed E-state index contributed by atoms with van der Waals surface area (Å²) in [5.41, 5.74) is 6.99. The summed E-state index contributed by atoms with van der Waals surface area (Å²) in [7, 11) is 0. The molecule has 19 heavy (non-hydrogen) atoms. The highest BCUT2D eigenvalue weighted by atomic mass is 16.7. The summed E-state index contributed by atoms with van der Waals surface area (Å²) in [6, 6.07) is 7.00. The van der Waals surface area contributed by atoms with Gasteiger partial charge in [-0.2, -0.15) is 0 Å². The average Bonchev–Trinajstić information content (AvgIpc) is 2.39. The molecule has 104 valence electrons. The molecule has 0 unspecified atom stereocenters. The molecule has 0 bridgehead atoms. The molecule has 1 aromatic carbocycles. The molecule has 0 aliphatic carbocycles. The van der Waals surface area contributed by atoms with Crippen molar-refractivity contribution in [3.63, 3.8) is 0 Å². The highest BCUT2D eigenvalue weighted by Crippen LogP contribution is 2.25. The SMILES string of the molecule is Nc1cccc([C@H](C[N+](=O)[O-])O[C@H]2CCCCO2)c1. The summed E-state index contributed by atoms with van der Waals surface area (Å²) >= 11 is 0. The van der Waals surface area contributed by atoms with Crippen LogP contribution >= 0.6 is 0 Å². The van der Waals surface area contributed by atoms with Gasteiger partial charge in [-0.05, 0) is 37.0 Å². The van der Waals surface area contributed by atoms with Crippen LogP contribution in [-0.4, -0.2) is 24.4 Å². The molecular weight excluding hydrogens is 248 g/mol. The Labute approximate surface area is 111 Å². The van der Waals surface area contributed by atoms with E-state index >= 15 is 0 Å². The summed E-state index contributed by atoms with van der Waals surface area (Å²) < 4.78 is 11.2. The number of nitrogens with zero attached hydrogens (tertiary/aromatic N) is 1. The van der Waals surface area contributed by atoms with Crippen LogP contribution in [0.4, 0.5) is 5.69 Å². The maximum atomic E-state index is 10.8. The van der Waals surface area contributed by atoms with E-state index in [4.69, 9.17) is 15.2 Å². The second kappa shape index (κ2) is 6.49. The largest absolute Gasteiger partial charge is 0.399 e. The molecular formula is C13H18N2O4. The molecule has 0 aromatic heterocycles. The number of hydrogen-bond acceptors (Lipinski definition) is 5. The lowest BCUT2D eigenvalue weighted by Gasteiger charge is -2.26. The van der Waals surface area contributed by atoms with Crippen molar-refractivity contribution in [1.29, 1.82) is 0 Å². The summed E-state index contributed by atoms with van der Waals surface area (Å²) in [6.45, 7) is 0.357. The van der Waals surface area contributed by atoms with Crippen LogP contribution in [0.3, 0.4) is 0 Å². The van der Waals surface area contributed by atoms with Gasteiger partial charge in [-0.1, -0.05) is 12.1 Å². The van der Waals surface area contributed by atoms with Crippen LogP contribution < -0.4 is 5.73 Å². The van der Waals surface area contributed by atoms with Gasteiger partial charge in [0.05, 0.1) is 0 Å². The monoisotopic (exact) mass is 266 g/mol. The molecule has 0 amide bonds. The highest BCUT2D eigenvalue weighted by molar-refractivity contribution is 5.41. The van der Waals surface area contributed by atoms with Crippen molar-refractivity contribution in [3.8, 4) is 0 Å². The van der Waals surface area contributed by atoms with Gasteiger partial charge < -0.3 is 15.2 Å². The van der Waals surface area contributed by atoms with Crippen LogP contribution in [0.1, 0.15) is 30.9 Å². The van der Waals surface area contributed by atoms with E-state index in [-0.39, 0.29) is 17.8 Å². The predicted octanol–water partition coefficient (Wildman–Crippen LogP) is 2.13. The lowest BCUT2D eigenvalue weighted by molar-refractivity contribution is -0.495. The Morgan fingerprint density at radius 2 is 2.37 bits per heavy atom. The van der Waals surface area contributed by atoms with Gasteiger partial charge in [0.2, 0.25) is 6.54 Å². The van der Waals surface area contributed by atoms with E-state index in [1.165, 1.54) is 0 Å². The molecule has 1 aliphatic heterocycles. The van der Waals surface area contributed by atoms with E-state index in [1.54, 1.807) is 24.3 Å². The Morgan fingerprint density at radius 1 is 1.53 bits per heavy atom. The smallest absolute Gasteiger partial charge is 0.233 e. The lowest BCUT2D eigenvalue weighted by Crippen LogP contribution is -2.27. The van der Waals surface area contributed by atoms with Crippen LogP contribution in [0.2, 0.25) is 0 Å². The van der Waals surface area contributed by atoms with Crippen LogP contribution in [-0.2, 0) is 9.47 Å². The Morgan fingerprint density at radius 3 is 3.00 bits per heavy atom. The standard InChI is InChI=1S/C13H18N2O4/c14-11-5-3-4-10(8-11)12(9-15(16)17)19-13-6-1-2-7-18-13/h3-5,8,12-13H,1-2,6-7,9,14H2/t12-,13-/m0/s1. The molecule has 1 aliphatic rings. The fourth-order valence-electron chi connectivity index (χ4n) is 2.12. The summed E-state index contributed by atoms with van der Waals surface area (Å²) in [5, 5.41) is 10.8. The van der Waals surface area contributed by atoms with E-state index in [0.29, 0.717) is 17.9 Å². The minimum atomic E-state index is -0.624. The van der Waals surface area contributed by atoms with Crippen LogP contribution in [0.5, 0.6) is 0 Å². The van der Waals surface area contributed by atoms with Crippen LogP contribution in [0.15, 0.2) is 24.3 Å². The number of nitrogens with two attached hydrogens (primary N) is 1. The van der Waals surface area contributed by atoms with Crippen molar-refractivity contribution in [1.82, 2.24) is 0 Å². The third kappa shape index (κ3) is 4.18. The van der Waals surface area contributed by atoms with Crippen LogP contribution in [0.25, 0.3) is 0 Å². The first-order chi connectivity index (χ1) is 9.15. The molecule has 6 heteroatoms. The highest BCUT2D eigenvalue weighted by Gasteiger charge is 2.25. The zero-order valence-corrected chi connectivity index (χ0v) is 10.7. The summed E-state index contributed by atoms with van der Waals surface area (Å²) in [4.78, 5) is 10.4. The number of anilines is 1. The average molecular weight is 266 g/mol. The third-order valence-electron chi connectivity index (χ3n) is 3.05. The second-order valence-electron chi connectivity index (χ2n) is 4.61. The Balaban J connectivity index is 2.08. The first kappa shape index (κ1) is 13.8. The van der Waals surface area contributed by atoms with Crippen molar-refractivity contribution in [2.45, 2.75) is 31.7 Å². The lowest BCUT2D eigenvalue weighted by atomic mass is 10.1. The van der Waals surface area contributed by atoms with E-state index in [0.717, 1.165) is 19.3 Å². The summed E-state index contributed by atoms with van der Waals surface area (Å²) in [5.74, 6) is 0. The molecule has 2 atom stereocenters. The van der Waals surface area contributed by atoms with Gasteiger partial charge in [0.1, 0.15) is 0 Å². The number of nitrogen functional groups attached to an aromatic ring is 1. The number of rotatable bonds is 5. The van der Waals surface area contributed by atoms with Crippen LogP contribution in [0, 0.1) is 10.1 Å². The van der Waals surface area contributed by atoms with E-state index < -0.39 is 6.10 Å². The fraction of sp³-hybridized carbons (Fsp3) is 0.538. The van der Waals surface area contributed by atoms with Gasteiger partial charge in [-0.15, -0.1) is 0 Å². The van der Waals surface area contributed by atoms with Crippen molar-refractivity contribution in [2.75, 3.05) is 18.9 Å². The van der Waals surface area contributed by atoms with Gasteiger partial charge in [0.15, 0.2) is 12.4 Å². The normalized spacial score (nSPS) is 20.9. The second-order valence-corrected chi connectivity index (χ2v) is 4.61. The minimum Gasteiger partial charge on any atom is -0.399 e. The molecule has 1 saturated heterocycles. The van der Waals surface area contributed by atoms with Crippen molar-refractivity contribution in [2.24, 2.45) is 0 Å². The quantitative estimate of drug-likeness (QED) is 0.501. The van der Waals surface area contributed by atoms with E-state index in [9.17, 15) is 10.1 Å². The van der Waals surface area contributed by atoms with Gasteiger partial charge in [0, 0.05) is 17.2 Å². The molecule has 1 fully saturated rings. The maximum absolute atomic E-state index is 10.8. The number of nitro groups is 1. The van der Waals surface area contributed by atoms with Crippen molar-refractivity contribution < 1.29 is 14.4 Å². The number of ether oxygens (including phenoxy) is 2. The predicted molar refractivity (Wildman–Crippen MR) is 70.1 cm³/mol. The molecule has 2 N–H and O–H groups in total. The minimum absolute atomic E-state index is 0.288. The first-order valence-electron chi connectivity index (χ1n) is 6.39. The molecule has 2 rings (SSSR count). The Hall–Kier alpha value is -1.66. The van der Waals surface area contributed by atoms with Crippen molar-refractivity contribution in [3.05, 3.63) is 39.9 Å². The molecule has 0 saturated carbocycles. The molecule has 0 spiro atoms. The Kier molecular flexibility index (Phi) is 4.70. The fourth-order valence-corrected chi connectivity index (χ4v) is 2.12. The van der Waals surface area contributed by atoms with Gasteiger partial charge >= 0.3 is 0 Å². The maximum Gasteiger partial charge on any atom is 0.233 e. The zero-order chi connectivity index (χ0) is 13.7. The van der Waals surface area contributed by atoms with E-state index in [2.05, 4.69) is 0 Å². The molecule has 6 nitrogen and oxygen atoms in total. The first-order valence-corrected chi connectivity index (χ1v) is 6.39. The third-order valence-corrected chi connectivity index (χ3v) is 3.05. The molecule has 1 heterocycles. The number of hydrogen-bond donors (Lipinski definition) is 1. The number of benzene rings is 1. The molecule has 0 radical (unpaired) electrons. The van der Waals surface area contributed by atoms with Gasteiger partial charge in [-0.25, -0.2) is 0 Å².